The quantitative estimate of drug-likeness (QED) is 0.312. The summed E-state index contributed by atoms with van der Waals surface area (Å²) in [6.07, 6.45) is 1.73. The number of hydrogen-bond acceptors (Lipinski definition) is 4. The number of nitrogens with zero attached hydrogens (tertiary/aromatic N) is 4. The molecule has 0 fully saturated rings. The van der Waals surface area contributed by atoms with Crippen molar-refractivity contribution in [1.29, 1.82) is 0 Å². The van der Waals surface area contributed by atoms with E-state index >= 15 is 0 Å². The van der Waals surface area contributed by atoms with Crippen molar-refractivity contribution in [1.82, 2.24) is 19.2 Å². The minimum Gasteiger partial charge on any atom is -0.485 e. The fourth-order valence-electron chi connectivity index (χ4n) is 4.55. The summed E-state index contributed by atoms with van der Waals surface area (Å²) in [5.41, 5.74) is 9.75. The topological polar surface area (TPSA) is 61.4 Å². The zero-order chi connectivity index (χ0) is 25.6. The van der Waals surface area contributed by atoms with E-state index in [-0.39, 0.29) is 5.56 Å². The van der Waals surface area contributed by atoms with Gasteiger partial charge < -0.3 is 4.74 Å². The predicted molar refractivity (Wildman–Crippen MR) is 143 cm³/mol. The molecular weight excluding hydrogens is 448 g/mol. The molecule has 5 aromatic rings. The standard InChI is InChI=1S/C30H30N4O2/c1-18-9-11-20(3)24(14-18)17-36-27-8-7-13-33-29(27)31-23(6)28(30(33)35)25-16-22(5)34(32-25)26-15-19(2)10-12-21(26)4/h7-16H,17H2,1-6H3. The van der Waals surface area contributed by atoms with Gasteiger partial charge in [-0.15, -0.1) is 0 Å². The first-order chi connectivity index (χ1) is 17.2. The van der Waals surface area contributed by atoms with E-state index in [1.165, 1.54) is 11.1 Å². The lowest BCUT2D eigenvalue weighted by Crippen LogP contribution is -2.19. The molecule has 0 spiro atoms. The van der Waals surface area contributed by atoms with Crippen molar-refractivity contribution < 1.29 is 4.74 Å². The normalized spacial score (nSPS) is 11.3. The molecule has 0 saturated heterocycles. The first kappa shape index (κ1) is 23.5. The van der Waals surface area contributed by atoms with Gasteiger partial charge in [-0.1, -0.05) is 35.9 Å². The van der Waals surface area contributed by atoms with Gasteiger partial charge in [0, 0.05) is 11.9 Å². The maximum Gasteiger partial charge on any atom is 0.267 e. The number of rotatable bonds is 5. The van der Waals surface area contributed by atoms with E-state index < -0.39 is 0 Å². The molecule has 2 aromatic carbocycles. The second-order valence-electron chi connectivity index (χ2n) is 9.53. The van der Waals surface area contributed by atoms with Gasteiger partial charge in [0.2, 0.25) is 0 Å². The lowest BCUT2D eigenvalue weighted by molar-refractivity contribution is 0.307. The molecule has 0 aliphatic heterocycles. The van der Waals surface area contributed by atoms with Crippen molar-refractivity contribution in [3.05, 3.63) is 110 Å². The zero-order valence-corrected chi connectivity index (χ0v) is 21.6. The highest BCUT2D eigenvalue weighted by molar-refractivity contribution is 5.66. The number of benzene rings is 2. The highest BCUT2D eigenvalue weighted by Crippen LogP contribution is 2.26. The Morgan fingerprint density at radius 2 is 1.58 bits per heavy atom. The molecule has 0 radical (unpaired) electrons. The van der Waals surface area contributed by atoms with Crippen molar-refractivity contribution in [3.8, 4) is 22.7 Å². The van der Waals surface area contributed by atoms with Gasteiger partial charge in [-0.25, -0.2) is 9.67 Å². The van der Waals surface area contributed by atoms with Crippen LogP contribution in [-0.2, 0) is 6.61 Å². The highest BCUT2D eigenvalue weighted by atomic mass is 16.5. The van der Waals surface area contributed by atoms with Crippen LogP contribution in [0.25, 0.3) is 22.6 Å². The fraction of sp³-hybridized carbons (Fsp3) is 0.233. The molecule has 3 heterocycles. The Balaban J connectivity index is 1.57. The van der Waals surface area contributed by atoms with Crippen LogP contribution in [0, 0.1) is 41.5 Å². The molecule has 0 N–H and O–H groups in total. The molecule has 5 rings (SSSR count). The molecule has 0 aliphatic rings. The first-order valence-corrected chi connectivity index (χ1v) is 12.1. The van der Waals surface area contributed by atoms with Gasteiger partial charge in [0.05, 0.1) is 16.9 Å². The minimum atomic E-state index is -0.166. The van der Waals surface area contributed by atoms with Gasteiger partial charge in [-0.3, -0.25) is 9.20 Å². The average molecular weight is 479 g/mol. The molecule has 6 heteroatoms. The highest BCUT2D eigenvalue weighted by Gasteiger charge is 2.19. The van der Waals surface area contributed by atoms with E-state index in [0.29, 0.717) is 35.0 Å². The second-order valence-corrected chi connectivity index (χ2v) is 9.53. The Morgan fingerprint density at radius 1 is 0.861 bits per heavy atom. The van der Waals surface area contributed by atoms with Gasteiger partial charge in [-0.2, -0.15) is 5.10 Å². The summed E-state index contributed by atoms with van der Waals surface area (Å²) in [6, 6.07) is 18.2. The smallest absolute Gasteiger partial charge is 0.267 e. The van der Waals surface area contributed by atoms with Crippen LogP contribution in [0.2, 0.25) is 0 Å². The third-order valence-corrected chi connectivity index (χ3v) is 6.62. The summed E-state index contributed by atoms with van der Waals surface area (Å²) in [6.45, 7) is 12.5. The molecule has 0 bridgehead atoms. The largest absolute Gasteiger partial charge is 0.485 e. The van der Waals surface area contributed by atoms with Gasteiger partial charge >= 0.3 is 0 Å². The number of fused-ring (bicyclic) bond motifs is 1. The maximum atomic E-state index is 13.7. The number of hydrogen-bond donors (Lipinski definition) is 0. The molecule has 0 amide bonds. The van der Waals surface area contributed by atoms with Crippen LogP contribution in [-0.4, -0.2) is 19.2 Å². The molecule has 0 aliphatic carbocycles. The summed E-state index contributed by atoms with van der Waals surface area (Å²) in [4.78, 5) is 18.5. The maximum absolute atomic E-state index is 13.7. The SMILES string of the molecule is Cc1ccc(C)c(COc2cccn3c(=O)c(-c4cc(C)n(-c5cc(C)ccc5C)n4)c(C)nc23)c1. The molecule has 0 saturated carbocycles. The van der Waals surface area contributed by atoms with Crippen molar-refractivity contribution in [3.63, 3.8) is 0 Å². The van der Waals surface area contributed by atoms with E-state index in [2.05, 4.69) is 64.1 Å². The van der Waals surface area contributed by atoms with E-state index in [1.54, 1.807) is 10.6 Å². The van der Waals surface area contributed by atoms with E-state index in [4.69, 9.17) is 14.8 Å². The van der Waals surface area contributed by atoms with Crippen LogP contribution in [0.15, 0.2) is 65.6 Å². The second kappa shape index (κ2) is 9.11. The van der Waals surface area contributed by atoms with E-state index in [9.17, 15) is 4.79 Å². The summed E-state index contributed by atoms with van der Waals surface area (Å²) in [7, 11) is 0. The number of pyridine rings is 1. The molecular formula is C30H30N4O2. The zero-order valence-electron chi connectivity index (χ0n) is 21.6. The average Bonchev–Trinajstić information content (AvgIpc) is 3.22. The monoisotopic (exact) mass is 478 g/mol. The van der Waals surface area contributed by atoms with Crippen molar-refractivity contribution >= 4 is 5.65 Å². The van der Waals surface area contributed by atoms with Crippen LogP contribution in [0.4, 0.5) is 0 Å². The van der Waals surface area contributed by atoms with Crippen molar-refractivity contribution in [2.45, 2.75) is 48.1 Å². The third-order valence-electron chi connectivity index (χ3n) is 6.62. The molecule has 6 nitrogen and oxygen atoms in total. The van der Waals surface area contributed by atoms with E-state index in [0.717, 1.165) is 28.1 Å². The fourth-order valence-corrected chi connectivity index (χ4v) is 4.55. The van der Waals surface area contributed by atoms with Crippen molar-refractivity contribution in [2.75, 3.05) is 0 Å². The van der Waals surface area contributed by atoms with Crippen LogP contribution in [0.3, 0.4) is 0 Å². The Hall–Kier alpha value is -4.19. The van der Waals surface area contributed by atoms with E-state index in [1.807, 2.05) is 36.7 Å². The molecule has 0 atom stereocenters. The van der Waals surface area contributed by atoms with Crippen LogP contribution >= 0.6 is 0 Å². The molecule has 36 heavy (non-hydrogen) atoms. The van der Waals surface area contributed by atoms with Gasteiger partial charge in [0.15, 0.2) is 11.4 Å². The van der Waals surface area contributed by atoms with Crippen LogP contribution in [0.1, 0.15) is 39.2 Å². The number of ether oxygens (including phenoxy) is 1. The summed E-state index contributed by atoms with van der Waals surface area (Å²) in [5.74, 6) is 0.572. The molecule has 3 aromatic heterocycles. The van der Waals surface area contributed by atoms with Gasteiger partial charge in [0.25, 0.3) is 5.56 Å². The van der Waals surface area contributed by atoms with Gasteiger partial charge in [0.1, 0.15) is 12.3 Å². The van der Waals surface area contributed by atoms with Crippen LogP contribution < -0.4 is 10.3 Å². The Kier molecular flexibility index (Phi) is 5.96. The molecule has 0 unspecified atom stereocenters. The Morgan fingerprint density at radius 3 is 2.36 bits per heavy atom. The lowest BCUT2D eigenvalue weighted by atomic mass is 10.1. The summed E-state index contributed by atoms with van der Waals surface area (Å²) in [5, 5.41) is 4.83. The first-order valence-electron chi connectivity index (χ1n) is 12.1. The summed E-state index contributed by atoms with van der Waals surface area (Å²) >= 11 is 0. The number of aromatic nitrogens is 4. The third kappa shape index (κ3) is 4.19. The van der Waals surface area contributed by atoms with Crippen LogP contribution in [0.5, 0.6) is 5.75 Å². The Bertz CT molecular complexity index is 1680. The van der Waals surface area contributed by atoms with Crippen molar-refractivity contribution in [2.24, 2.45) is 0 Å². The summed E-state index contributed by atoms with van der Waals surface area (Å²) < 4.78 is 9.61. The predicted octanol–water partition coefficient (Wildman–Crippen LogP) is 5.98. The number of aryl methyl sites for hydroxylation is 6. The minimum absolute atomic E-state index is 0.166. The molecule has 182 valence electrons. The van der Waals surface area contributed by atoms with Gasteiger partial charge in [-0.05, 0) is 88.1 Å². The lowest BCUT2D eigenvalue weighted by Gasteiger charge is -2.13. The Labute approximate surface area is 210 Å².